The lowest BCUT2D eigenvalue weighted by Gasteiger charge is -2.22. The molecule has 1 aliphatic rings. The third kappa shape index (κ3) is 3.79. The molecule has 0 unspecified atom stereocenters. The molecule has 1 aromatic rings. The first-order valence-corrected chi connectivity index (χ1v) is 8.06. The van der Waals surface area contributed by atoms with Crippen molar-refractivity contribution in [2.24, 2.45) is 5.92 Å². The largest absolute Gasteiger partial charge is 0.454 e. The van der Waals surface area contributed by atoms with Crippen LogP contribution < -0.4 is 0 Å². The van der Waals surface area contributed by atoms with E-state index in [1.807, 2.05) is 13.0 Å². The lowest BCUT2D eigenvalue weighted by Crippen LogP contribution is -2.33. The van der Waals surface area contributed by atoms with Gasteiger partial charge in [-0.25, -0.2) is 4.79 Å². The molecule has 0 aliphatic carbocycles. The van der Waals surface area contributed by atoms with Crippen molar-refractivity contribution in [2.45, 2.75) is 44.0 Å². The molecule has 1 saturated heterocycles. The van der Waals surface area contributed by atoms with Crippen LogP contribution in [0.2, 0.25) is 0 Å². The SMILES string of the molecule is CC[C@H]1S[C@@H](OC(C)=O)[C@H](OC(=O)c2ccccc2)[C@@H]1C. The topological polar surface area (TPSA) is 52.6 Å². The van der Waals surface area contributed by atoms with Gasteiger partial charge < -0.3 is 9.47 Å². The zero-order valence-electron chi connectivity index (χ0n) is 12.4. The van der Waals surface area contributed by atoms with Gasteiger partial charge in [-0.1, -0.05) is 32.0 Å². The number of benzene rings is 1. The summed E-state index contributed by atoms with van der Waals surface area (Å²) in [5.41, 5.74) is 0.0892. The molecule has 2 rings (SSSR count). The van der Waals surface area contributed by atoms with E-state index >= 15 is 0 Å². The maximum atomic E-state index is 12.2. The van der Waals surface area contributed by atoms with Crippen LogP contribution in [-0.2, 0) is 14.3 Å². The molecule has 5 heteroatoms. The summed E-state index contributed by atoms with van der Waals surface area (Å²) in [6, 6.07) is 8.86. The van der Waals surface area contributed by atoms with Crippen molar-refractivity contribution in [3.63, 3.8) is 0 Å². The molecule has 0 bridgehead atoms. The first-order valence-electron chi connectivity index (χ1n) is 7.11. The Morgan fingerprint density at radius 2 is 1.86 bits per heavy atom. The quantitative estimate of drug-likeness (QED) is 0.799. The van der Waals surface area contributed by atoms with Crippen LogP contribution in [0, 0.1) is 5.92 Å². The van der Waals surface area contributed by atoms with Crippen LogP contribution in [0.3, 0.4) is 0 Å². The number of esters is 2. The van der Waals surface area contributed by atoms with Gasteiger partial charge in [-0.2, -0.15) is 0 Å². The van der Waals surface area contributed by atoms with E-state index < -0.39 is 11.5 Å². The Morgan fingerprint density at radius 1 is 1.19 bits per heavy atom. The molecule has 1 fully saturated rings. The standard InChI is InChI=1S/C16H20O4S/c1-4-13-10(2)14(16(21-13)19-11(3)17)20-15(18)12-8-6-5-7-9-12/h5-10,13-14,16H,4H2,1-3H3/t10-,13-,14-,16-/m1/s1. The zero-order chi connectivity index (χ0) is 15.4. The van der Waals surface area contributed by atoms with Gasteiger partial charge in [-0.15, -0.1) is 11.8 Å². The van der Waals surface area contributed by atoms with Crippen LogP contribution in [0.1, 0.15) is 37.6 Å². The van der Waals surface area contributed by atoms with Crippen LogP contribution >= 0.6 is 11.8 Å². The Balaban J connectivity index is 2.11. The van der Waals surface area contributed by atoms with Crippen LogP contribution in [0.15, 0.2) is 30.3 Å². The summed E-state index contributed by atoms with van der Waals surface area (Å²) < 4.78 is 10.9. The minimum atomic E-state index is -0.421. The van der Waals surface area contributed by atoms with Crippen LogP contribution in [0.5, 0.6) is 0 Å². The van der Waals surface area contributed by atoms with Gasteiger partial charge >= 0.3 is 11.9 Å². The van der Waals surface area contributed by atoms with Gasteiger partial charge in [0.25, 0.3) is 0 Å². The van der Waals surface area contributed by atoms with Crippen LogP contribution in [0.25, 0.3) is 0 Å². The Hall–Kier alpha value is -1.49. The molecule has 114 valence electrons. The van der Waals surface area contributed by atoms with Gasteiger partial charge in [0.2, 0.25) is 0 Å². The molecule has 21 heavy (non-hydrogen) atoms. The average Bonchev–Trinajstić information content (AvgIpc) is 2.76. The van der Waals surface area contributed by atoms with E-state index in [1.165, 1.54) is 6.92 Å². The van der Waals surface area contributed by atoms with Gasteiger partial charge in [-0.3, -0.25) is 4.79 Å². The van der Waals surface area contributed by atoms with E-state index in [-0.39, 0.29) is 17.9 Å². The summed E-state index contributed by atoms with van der Waals surface area (Å²) >= 11 is 1.57. The fourth-order valence-corrected chi connectivity index (χ4v) is 4.08. The Bertz CT molecular complexity index is 502. The maximum Gasteiger partial charge on any atom is 0.338 e. The van der Waals surface area contributed by atoms with E-state index in [0.717, 1.165) is 6.42 Å². The van der Waals surface area contributed by atoms with Gasteiger partial charge in [0.15, 0.2) is 11.5 Å². The molecule has 4 nitrogen and oxygen atoms in total. The molecule has 4 atom stereocenters. The minimum absolute atomic E-state index is 0.150. The second kappa shape index (κ2) is 6.98. The highest BCUT2D eigenvalue weighted by Crippen LogP contribution is 2.42. The lowest BCUT2D eigenvalue weighted by atomic mass is 9.99. The molecule has 1 heterocycles. The van der Waals surface area contributed by atoms with Crippen molar-refractivity contribution in [3.8, 4) is 0 Å². The number of thioether (sulfide) groups is 1. The summed E-state index contributed by atoms with van der Waals surface area (Å²) in [7, 11) is 0. The van der Waals surface area contributed by atoms with E-state index in [9.17, 15) is 9.59 Å². The number of ether oxygens (including phenoxy) is 2. The maximum absolute atomic E-state index is 12.2. The lowest BCUT2D eigenvalue weighted by molar-refractivity contribution is -0.146. The minimum Gasteiger partial charge on any atom is -0.454 e. The molecule has 1 aliphatic heterocycles. The van der Waals surface area contributed by atoms with Gasteiger partial charge in [0.1, 0.15) is 0 Å². The van der Waals surface area contributed by atoms with Gasteiger partial charge in [0, 0.05) is 18.1 Å². The van der Waals surface area contributed by atoms with Crippen molar-refractivity contribution < 1.29 is 19.1 Å². The second-order valence-corrected chi connectivity index (χ2v) is 6.50. The Labute approximate surface area is 129 Å². The third-order valence-corrected chi connectivity index (χ3v) is 5.36. The van der Waals surface area contributed by atoms with Gasteiger partial charge in [-0.05, 0) is 18.6 Å². The predicted octanol–water partition coefficient (Wildman–Crippen LogP) is 3.26. The summed E-state index contributed by atoms with van der Waals surface area (Å²) in [6.45, 7) is 5.49. The third-order valence-electron chi connectivity index (χ3n) is 3.62. The molecule has 0 aromatic heterocycles. The second-order valence-electron chi connectivity index (χ2n) is 5.16. The van der Waals surface area contributed by atoms with Crippen LogP contribution in [-0.4, -0.2) is 28.7 Å². The van der Waals surface area contributed by atoms with Crippen molar-refractivity contribution in [3.05, 3.63) is 35.9 Å². The Kier molecular flexibility index (Phi) is 5.28. The molecular weight excluding hydrogens is 288 g/mol. The summed E-state index contributed by atoms with van der Waals surface area (Å²) in [5.74, 6) is -0.573. The number of hydrogen-bond acceptors (Lipinski definition) is 5. The molecule has 0 amide bonds. The molecule has 0 N–H and O–H groups in total. The first-order chi connectivity index (χ1) is 10.0. The summed E-state index contributed by atoms with van der Waals surface area (Å²) in [4.78, 5) is 23.4. The molecular formula is C16H20O4S. The number of carbonyl (C=O) groups is 2. The fraction of sp³-hybridized carbons (Fsp3) is 0.500. The van der Waals surface area contributed by atoms with Crippen molar-refractivity contribution in [1.29, 1.82) is 0 Å². The zero-order valence-corrected chi connectivity index (χ0v) is 13.3. The average molecular weight is 308 g/mol. The Morgan fingerprint density at radius 3 is 2.43 bits per heavy atom. The monoisotopic (exact) mass is 308 g/mol. The highest BCUT2D eigenvalue weighted by atomic mass is 32.2. The highest BCUT2D eigenvalue weighted by Gasteiger charge is 2.45. The van der Waals surface area contributed by atoms with E-state index in [1.54, 1.807) is 36.0 Å². The predicted molar refractivity (Wildman–Crippen MR) is 82.0 cm³/mol. The fourth-order valence-electron chi connectivity index (χ4n) is 2.49. The number of carbonyl (C=O) groups excluding carboxylic acids is 2. The molecule has 1 aromatic carbocycles. The van der Waals surface area contributed by atoms with E-state index in [2.05, 4.69) is 6.92 Å². The summed E-state index contributed by atoms with van der Waals surface area (Å²) in [5, 5.41) is 0.322. The number of hydrogen-bond donors (Lipinski definition) is 0. The van der Waals surface area contributed by atoms with Gasteiger partial charge in [0.05, 0.1) is 5.56 Å². The molecule has 0 spiro atoms. The molecule has 0 radical (unpaired) electrons. The normalized spacial score (nSPS) is 28.1. The summed E-state index contributed by atoms with van der Waals surface area (Å²) in [6.07, 6.45) is 0.541. The molecule has 0 saturated carbocycles. The smallest absolute Gasteiger partial charge is 0.338 e. The van der Waals surface area contributed by atoms with Crippen molar-refractivity contribution in [2.75, 3.05) is 0 Å². The van der Waals surface area contributed by atoms with E-state index in [0.29, 0.717) is 10.8 Å². The van der Waals surface area contributed by atoms with Crippen LogP contribution in [0.4, 0.5) is 0 Å². The van der Waals surface area contributed by atoms with Crippen molar-refractivity contribution >= 4 is 23.7 Å². The highest BCUT2D eigenvalue weighted by molar-refractivity contribution is 8.00. The van der Waals surface area contributed by atoms with Crippen molar-refractivity contribution in [1.82, 2.24) is 0 Å². The first kappa shape index (κ1) is 15.9. The number of rotatable bonds is 4. The van der Waals surface area contributed by atoms with E-state index in [4.69, 9.17) is 9.47 Å².